The Kier molecular flexibility index (Phi) is 34.9. The van der Waals surface area contributed by atoms with Crippen molar-refractivity contribution in [2.75, 3.05) is 17.3 Å². The summed E-state index contributed by atoms with van der Waals surface area (Å²) in [6, 6.07) is 0. The van der Waals surface area contributed by atoms with Crippen molar-refractivity contribution < 1.29 is 0 Å². The fraction of sp³-hybridized carbons (Fsp3) is 0.943. The summed E-state index contributed by atoms with van der Waals surface area (Å²) in [7, 11) is 0. The highest BCUT2D eigenvalue weighted by Crippen LogP contribution is 2.20. The highest BCUT2D eigenvalue weighted by Gasteiger charge is 2.03. The number of hydrogen-bond donors (Lipinski definition) is 0. The molecule has 1 unspecified atom stereocenters. The van der Waals surface area contributed by atoms with Gasteiger partial charge in [0, 0.05) is 11.0 Å². The second kappa shape index (κ2) is 34.5. The molecule has 1 atom stereocenters. The van der Waals surface area contributed by atoms with E-state index in [4.69, 9.17) is 0 Å². The van der Waals surface area contributed by atoms with Gasteiger partial charge in [0.2, 0.25) is 0 Å². The van der Waals surface area contributed by atoms with Crippen LogP contribution in [0.4, 0.5) is 0 Å². The van der Waals surface area contributed by atoms with Crippen LogP contribution in [0.2, 0.25) is 0 Å². The smallest absolute Gasteiger partial charge is 0.0109 e. The number of rotatable bonds is 32. The third kappa shape index (κ3) is 34.4. The molecule has 222 valence electrons. The first-order chi connectivity index (χ1) is 18.3. The summed E-state index contributed by atoms with van der Waals surface area (Å²) in [6.45, 7) is 7.04. The van der Waals surface area contributed by atoms with Crippen molar-refractivity contribution in [3.63, 3.8) is 0 Å². The van der Waals surface area contributed by atoms with Crippen LogP contribution >= 0.6 is 23.5 Å². The van der Waals surface area contributed by atoms with Crippen LogP contribution in [-0.4, -0.2) is 22.5 Å². The van der Waals surface area contributed by atoms with E-state index in [0.29, 0.717) is 0 Å². The molecule has 0 aliphatic heterocycles. The average Bonchev–Trinajstić information content (AvgIpc) is 2.90. The van der Waals surface area contributed by atoms with Crippen molar-refractivity contribution in [3.8, 4) is 0 Å². The Morgan fingerprint density at radius 1 is 0.432 bits per heavy atom. The number of allylic oxidation sites excluding steroid dienone is 2. The van der Waals surface area contributed by atoms with Gasteiger partial charge in [0.25, 0.3) is 0 Å². The second-order valence-corrected chi connectivity index (χ2v) is 14.3. The molecule has 0 nitrogen and oxygen atoms in total. The van der Waals surface area contributed by atoms with Gasteiger partial charge in [-0.05, 0) is 50.0 Å². The van der Waals surface area contributed by atoms with Crippen molar-refractivity contribution in [1.29, 1.82) is 0 Å². The zero-order valence-corrected chi connectivity index (χ0v) is 27.7. The molecule has 0 amide bonds. The van der Waals surface area contributed by atoms with Crippen LogP contribution in [-0.2, 0) is 0 Å². The summed E-state index contributed by atoms with van der Waals surface area (Å²) in [5.41, 5.74) is 0. The van der Waals surface area contributed by atoms with E-state index in [9.17, 15) is 0 Å². The molecule has 0 aliphatic carbocycles. The summed E-state index contributed by atoms with van der Waals surface area (Å²) in [4.78, 5) is 0. The Bertz CT molecular complexity index is 419. The number of thioether (sulfide) groups is 2. The lowest BCUT2D eigenvalue weighted by Crippen LogP contribution is -2.02. The maximum absolute atomic E-state index is 2.44. The Balaban J connectivity index is 3.17. The molecule has 0 aromatic heterocycles. The monoisotopic (exact) mass is 554 g/mol. The van der Waals surface area contributed by atoms with E-state index in [1.807, 2.05) is 0 Å². The van der Waals surface area contributed by atoms with Gasteiger partial charge in [-0.2, -0.15) is 23.5 Å². The molecule has 0 saturated heterocycles. The summed E-state index contributed by atoms with van der Waals surface area (Å²) < 4.78 is 0. The van der Waals surface area contributed by atoms with Crippen LogP contribution in [0.25, 0.3) is 0 Å². The molecule has 0 aromatic rings. The third-order valence-electron chi connectivity index (χ3n) is 7.55. The van der Waals surface area contributed by atoms with Gasteiger partial charge in [0.15, 0.2) is 0 Å². The standard InChI is InChI=1S/C35H70S2/c1-4-6-8-10-12-14-16-18-20-22-24-26-28-30-32-36-34-35(3)37-33-31-29-27-25-23-21-19-17-15-13-11-9-7-5-2/h15,17,35H,4-14,16,18-34H2,1-3H3/b17-15-. The minimum atomic E-state index is 0.838. The third-order valence-corrected chi connectivity index (χ3v) is 10.3. The summed E-state index contributed by atoms with van der Waals surface area (Å²) in [5, 5.41) is 0.838. The molecule has 2 heteroatoms. The molecule has 37 heavy (non-hydrogen) atoms. The van der Waals surface area contributed by atoms with Crippen molar-refractivity contribution >= 4 is 23.5 Å². The van der Waals surface area contributed by atoms with Crippen LogP contribution in [0.5, 0.6) is 0 Å². The highest BCUT2D eigenvalue weighted by molar-refractivity contribution is 8.03. The van der Waals surface area contributed by atoms with Gasteiger partial charge in [-0.3, -0.25) is 0 Å². The second-order valence-electron chi connectivity index (χ2n) is 11.6. The SMILES string of the molecule is CCCCCC/C=C\CCCCCCCCSC(C)CSCCCCCCCCCCCCCCCC. The Hall–Kier alpha value is 0.440. The van der Waals surface area contributed by atoms with Gasteiger partial charge in [0.1, 0.15) is 0 Å². The maximum Gasteiger partial charge on any atom is 0.0109 e. The van der Waals surface area contributed by atoms with E-state index < -0.39 is 0 Å². The van der Waals surface area contributed by atoms with E-state index in [-0.39, 0.29) is 0 Å². The van der Waals surface area contributed by atoms with Gasteiger partial charge in [-0.15, -0.1) is 0 Å². The van der Waals surface area contributed by atoms with Crippen LogP contribution in [0.15, 0.2) is 12.2 Å². The molecule has 0 bridgehead atoms. The fourth-order valence-corrected chi connectivity index (χ4v) is 7.33. The lowest BCUT2D eigenvalue weighted by atomic mass is 10.0. The van der Waals surface area contributed by atoms with Crippen LogP contribution in [0.1, 0.15) is 188 Å². The zero-order chi connectivity index (χ0) is 26.9. The molecule has 0 rings (SSSR count). The molecule has 0 N–H and O–H groups in total. The zero-order valence-electron chi connectivity index (χ0n) is 26.1. The van der Waals surface area contributed by atoms with Gasteiger partial charge in [-0.25, -0.2) is 0 Å². The van der Waals surface area contributed by atoms with E-state index >= 15 is 0 Å². The van der Waals surface area contributed by atoms with Crippen molar-refractivity contribution in [3.05, 3.63) is 12.2 Å². The minimum Gasteiger partial charge on any atom is -0.161 e. The van der Waals surface area contributed by atoms with Gasteiger partial charge < -0.3 is 0 Å². The van der Waals surface area contributed by atoms with Crippen molar-refractivity contribution in [1.82, 2.24) is 0 Å². The van der Waals surface area contributed by atoms with Gasteiger partial charge in [0.05, 0.1) is 0 Å². The molecular formula is C35H70S2. The first-order valence-corrected chi connectivity index (χ1v) is 19.4. The molecule has 0 spiro atoms. The van der Waals surface area contributed by atoms with Crippen molar-refractivity contribution in [2.45, 2.75) is 193 Å². The summed E-state index contributed by atoms with van der Waals surface area (Å²) in [5.74, 6) is 4.12. The quantitative estimate of drug-likeness (QED) is 0.0599. The molecule has 0 fully saturated rings. The molecule has 0 heterocycles. The normalized spacial score (nSPS) is 12.6. The van der Waals surface area contributed by atoms with Gasteiger partial charge in [-0.1, -0.05) is 161 Å². The highest BCUT2D eigenvalue weighted by atomic mass is 32.2. The maximum atomic E-state index is 2.44. The first kappa shape index (κ1) is 37.4. The van der Waals surface area contributed by atoms with E-state index in [1.54, 1.807) is 0 Å². The van der Waals surface area contributed by atoms with E-state index in [1.165, 1.54) is 184 Å². The lowest BCUT2D eigenvalue weighted by Gasteiger charge is -2.11. The molecule has 0 aromatic carbocycles. The largest absolute Gasteiger partial charge is 0.161 e. The molecule has 0 saturated carbocycles. The minimum absolute atomic E-state index is 0.838. The Morgan fingerprint density at radius 3 is 1.24 bits per heavy atom. The fourth-order valence-electron chi connectivity index (χ4n) is 4.98. The van der Waals surface area contributed by atoms with Crippen LogP contribution in [0.3, 0.4) is 0 Å². The number of unbranched alkanes of at least 4 members (excludes halogenated alkanes) is 23. The Morgan fingerprint density at radius 2 is 0.784 bits per heavy atom. The van der Waals surface area contributed by atoms with Crippen LogP contribution in [0, 0.1) is 0 Å². The van der Waals surface area contributed by atoms with Gasteiger partial charge >= 0.3 is 0 Å². The van der Waals surface area contributed by atoms with Crippen LogP contribution < -0.4 is 0 Å². The molecule has 0 aliphatic rings. The lowest BCUT2D eigenvalue weighted by molar-refractivity contribution is 0.538. The topological polar surface area (TPSA) is 0 Å². The first-order valence-electron chi connectivity index (χ1n) is 17.2. The predicted molar refractivity (Wildman–Crippen MR) is 180 cm³/mol. The van der Waals surface area contributed by atoms with Crippen molar-refractivity contribution in [2.24, 2.45) is 0 Å². The molecule has 0 radical (unpaired) electrons. The number of hydrogen-bond acceptors (Lipinski definition) is 2. The predicted octanol–water partition coefficient (Wildman–Crippen LogP) is 13.6. The average molecular weight is 555 g/mol. The van der Waals surface area contributed by atoms with E-state index in [2.05, 4.69) is 56.4 Å². The summed E-state index contributed by atoms with van der Waals surface area (Å²) >= 11 is 4.42. The molecular weight excluding hydrogens is 485 g/mol. The Labute approximate surface area is 245 Å². The van der Waals surface area contributed by atoms with E-state index in [0.717, 1.165) is 5.25 Å². The summed E-state index contributed by atoms with van der Waals surface area (Å²) in [6.07, 6.45) is 42.1.